The van der Waals surface area contributed by atoms with Crippen molar-refractivity contribution >= 4 is 17.2 Å². The summed E-state index contributed by atoms with van der Waals surface area (Å²) in [6, 6.07) is 16.1. The minimum Gasteiger partial charge on any atom is -0.333 e. The third-order valence-corrected chi connectivity index (χ3v) is 6.19. The summed E-state index contributed by atoms with van der Waals surface area (Å²) in [4.78, 5) is 15.8. The van der Waals surface area contributed by atoms with E-state index in [0.29, 0.717) is 24.4 Å². The zero-order valence-corrected chi connectivity index (χ0v) is 16.3. The van der Waals surface area contributed by atoms with E-state index in [1.807, 2.05) is 24.3 Å². The molecular weight excluding hydrogens is 397 g/mol. The first-order valence-electron chi connectivity index (χ1n) is 9.19. The fourth-order valence-corrected chi connectivity index (χ4v) is 4.71. The Kier molecular flexibility index (Phi) is 5.19. The lowest BCUT2D eigenvalue weighted by Gasteiger charge is -2.20. The molecule has 0 saturated carbocycles. The Morgan fingerprint density at radius 3 is 2.28 bits per heavy atom. The van der Waals surface area contributed by atoms with Gasteiger partial charge < -0.3 is 10.6 Å². The molecule has 1 aliphatic rings. The number of hydrogen-bond donors (Lipinski definition) is 1. The molecule has 2 heterocycles. The molecule has 29 heavy (non-hydrogen) atoms. The van der Waals surface area contributed by atoms with Crippen LogP contribution in [0.4, 0.5) is 13.2 Å². The highest BCUT2D eigenvalue weighted by atomic mass is 32.1. The molecule has 1 amide bonds. The summed E-state index contributed by atoms with van der Waals surface area (Å²) in [5.41, 5.74) is 7.87. The van der Waals surface area contributed by atoms with E-state index in [9.17, 15) is 18.0 Å². The van der Waals surface area contributed by atoms with E-state index in [0.717, 1.165) is 22.1 Å². The summed E-state index contributed by atoms with van der Waals surface area (Å²) in [6.45, 7) is 1.08. The zero-order chi connectivity index (χ0) is 20.6. The van der Waals surface area contributed by atoms with Gasteiger partial charge >= 0.3 is 6.18 Å². The maximum Gasteiger partial charge on any atom is 0.417 e. The molecule has 0 radical (unpaired) electrons. The molecule has 2 N–H and O–H groups in total. The topological polar surface area (TPSA) is 46.3 Å². The van der Waals surface area contributed by atoms with Gasteiger partial charge in [-0.2, -0.15) is 13.2 Å². The van der Waals surface area contributed by atoms with Crippen molar-refractivity contribution < 1.29 is 18.0 Å². The first kappa shape index (κ1) is 19.7. The minimum atomic E-state index is -4.42. The number of thiophene rings is 1. The third kappa shape index (κ3) is 4.06. The second kappa shape index (κ2) is 7.65. The highest BCUT2D eigenvalue weighted by Crippen LogP contribution is 2.39. The van der Waals surface area contributed by atoms with Crippen LogP contribution in [0.25, 0.3) is 10.4 Å². The number of carbonyl (C=O) groups excluding carboxylic acids is 1. The van der Waals surface area contributed by atoms with Gasteiger partial charge in [-0.3, -0.25) is 4.79 Å². The molecule has 1 atom stereocenters. The van der Waals surface area contributed by atoms with Crippen LogP contribution in [0.15, 0.2) is 60.7 Å². The molecule has 150 valence electrons. The van der Waals surface area contributed by atoms with Crippen LogP contribution in [-0.4, -0.2) is 16.8 Å². The lowest BCUT2D eigenvalue weighted by Crippen LogP contribution is -2.42. The van der Waals surface area contributed by atoms with Crippen LogP contribution in [0.5, 0.6) is 0 Å². The largest absolute Gasteiger partial charge is 0.417 e. The fraction of sp³-hybridized carbons (Fsp3) is 0.227. The van der Waals surface area contributed by atoms with Crippen LogP contribution in [-0.2, 0) is 30.5 Å². The van der Waals surface area contributed by atoms with Crippen molar-refractivity contribution in [2.45, 2.75) is 31.7 Å². The number of alkyl halides is 3. The van der Waals surface area contributed by atoms with Gasteiger partial charge in [0.2, 0.25) is 5.91 Å². The SMILES string of the molecule is NC(Cc1ccc(-c2ccccc2C(F)(F)F)s1)C(=O)N1Cc2ccccc2C1. The van der Waals surface area contributed by atoms with E-state index >= 15 is 0 Å². The van der Waals surface area contributed by atoms with Crippen molar-refractivity contribution in [2.75, 3.05) is 0 Å². The summed E-state index contributed by atoms with van der Waals surface area (Å²) in [5, 5.41) is 0. The van der Waals surface area contributed by atoms with Gasteiger partial charge in [-0.25, -0.2) is 0 Å². The predicted octanol–water partition coefficient (Wildman–Crippen LogP) is 4.85. The molecule has 1 unspecified atom stereocenters. The smallest absolute Gasteiger partial charge is 0.333 e. The van der Waals surface area contributed by atoms with E-state index in [2.05, 4.69) is 0 Å². The molecule has 3 aromatic rings. The summed E-state index contributed by atoms with van der Waals surface area (Å²) in [5.74, 6) is -0.146. The quantitative estimate of drug-likeness (QED) is 0.661. The molecule has 0 fully saturated rings. The van der Waals surface area contributed by atoms with Gasteiger partial charge in [0.25, 0.3) is 0 Å². The normalized spacial score (nSPS) is 14.7. The molecular formula is C22H19F3N2OS. The number of benzene rings is 2. The Bertz CT molecular complexity index is 1020. The number of carbonyl (C=O) groups is 1. The van der Waals surface area contributed by atoms with Crippen molar-refractivity contribution in [3.63, 3.8) is 0 Å². The van der Waals surface area contributed by atoms with Gasteiger partial charge in [-0.05, 0) is 29.3 Å². The summed E-state index contributed by atoms with van der Waals surface area (Å²) in [6.07, 6.45) is -4.12. The number of halogens is 3. The Labute approximate surface area is 170 Å². The van der Waals surface area contributed by atoms with Crippen LogP contribution in [0.2, 0.25) is 0 Å². The summed E-state index contributed by atoms with van der Waals surface area (Å²) < 4.78 is 39.8. The molecule has 7 heteroatoms. The highest BCUT2D eigenvalue weighted by Gasteiger charge is 2.33. The van der Waals surface area contributed by atoms with Gasteiger partial charge in [0.1, 0.15) is 0 Å². The Morgan fingerprint density at radius 1 is 1.00 bits per heavy atom. The number of hydrogen-bond acceptors (Lipinski definition) is 3. The lowest BCUT2D eigenvalue weighted by molar-refractivity contribution is -0.137. The summed E-state index contributed by atoms with van der Waals surface area (Å²) >= 11 is 1.24. The fourth-order valence-electron chi connectivity index (χ4n) is 3.61. The first-order chi connectivity index (χ1) is 13.8. The predicted molar refractivity (Wildman–Crippen MR) is 107 cm³/mol. The first-order valence-corrected chi connectivity index (χ1v) is 10.0. The van der Waals surface area contributed by atoms with E-state index in [4.69, 9.17) is 5.73 Å². The monoisotopic (exact) mass is 416 g/mol. The van der Waals surface area contributed by atoms with Gasteiger partial charge in [-0.1, -0.05) is 42.5 Å². The molecule has 0 spiro atoms. The maximum absolute atomic E-state index is 13.3. The second-order valence-electron chi connectivity index (χ2n) is 7.08. The standard InChI is InChI=1S/C22H19F3N2OS/c23-22(24,25)18-8-4-3-7-17(18)20-10-9-16(29-20)11-19(26)21(28)27-12-14-5-1-2-6-15(14)13-27/h1-10,19H,11-13,26H2. The van der Waals surface area contributed by atoms with Crippen molar-refractivity contribution in [2.24, 2.45) is 5.73 Å². The number of fused-ring (bicyclic) bond motifs is 1. The van der Waals surface area contributed by atoms with E-state index in [-0.39, 0.29) is 11.5 Å². The molecule has 3 nitrogen and oxygen atoms in total. The zero-order valence-electron chi connectivity index (χ0n) is 15.4. The summed E-state index contributed by atoms with van der Waals surface area (Å²) in [7, 11) is 0. The highest BCUT2D eigenvalue weighted by molar-refractivity contribution is 7.15. The molecule has 0 saturated heterocycles. The van der Waals surface area contributed by atoms with Crippen LogP contribution >= 0.6 is 11.3 Å². The van der Waals surface area contributed by atoms with Gasteiger partial charge in [0.15, 0.2) is 0 Å². The van der Waals surface area contributed by atoms with Crippen LogP contribution in [0.1, 0.15) is 21.6 Å². The van der Waals surface area contributed by atoms with Gasteiger partial charge in [0, 0.05) is 34.8 Å². The van der Waals surface area contributed by atoms with Crippen LogP contribution in [0, 0.1) is 0 Å². The van der Waals surface area contributed by atoms with Crippen molar-refractivity contribution in [1.29, 1.82) is 0 Å². The molecule has 2 aromatic carbocycles. The second-order valence-corrected chi connectivity index (χ2v) is 8.25. The van der Waals surface area contributed by atoms with Crippen LogP contribution < -0.4 is 5.73 Å². The molecule has 1 aliphatic heterocycles. The Morgan fingerprint density at radius 2 is 1.62 bits per heavy atom. The van der Waals surface area contributed by atoms with E-state index in [1.54, 1.807) is 23.1 Å². The molecule has 4 rings (SSSR count). The maximum atomic E-state index is 13.3. The average Bonchev–Trinajstić information content (AvgIpc) is 3.33. The number of rotatable bonds is 4. The van der Waals surface area contributed by atoms with Crippen LogP contribution in [0.3, 0.4) is 0 Å². The number of nitrogens with two attached hydrogens (primary N) is 1. The third-order valence-electron chi connectivity index (χ3n) is 5.05. The van der Waals surface area contributed by atoms with E-state index < -0.39 is 17.8 Å². The van der Waals surface area contributed by atoms with Gasteiger partial charge in [-0.15, -0.1) is 11.3 Å². The van der Waals surface area contributed by atoms with E-state index in [1.165, 1.54) is 23.5 Å². The van der Waals surface area contributed by atoms with Crippen molar-refractivity contribution in [3.8, 4) is 10.4 Å². The number of amides is 1. The Balaban J connectivity index is 1.47. The molecule has 0 aliphatic carbocycles. The molecule has 0 bridgehead atoms. The average molecular weight is 416 g/mol. The van der Waals surface area contributed by atoms with Gasteiger partial charge in [0.05, 0.1) is 11.6 Å². The minimum absolute atomic E-state index is 0.145. The lowest BCUT2D eigenvalue weighted by atomic mass is 10.1. The van der Waals surface area contributed by atoms with Crippen molar-refractivity contribution in [3.05, 3.63) is 82.2 Å². The molecule has 1 aromatic heterocycles. The number of nitrogens with zero attached hydrogens (tertiary/aromatic N) is 1. The Hall–Kier alpha value is -2.64. The van der Waals surface area contributed by atoms with Crippen molar-refractivity contribution in [1.82, 2.24) is 4.90 Å².